The second kappa shape index (κ2) is 4.77. The molecule has 0 unspecified atom stereocenters. The fourth-order valence-corrected chi connectivity index (χ4v) is 2.49. The quantitative estimate of drug-likeness (QED) is 0.608. The molecule has 2 aliphatic heterocycles. The Bertz CT molecular complexity index is 773. The summed E-state index contributed by atoms with van der Waals surface area (Å²) in [7, 11) is 0. The second-order valence-electron chi connectivity index (χ2n) is 5.13. The Morgan fingerprint density at radius 1 is 1.00 bits per heavy atom. The number of carbonyl (C=O) groups excluding carboxylic acids is 4. The predicted octanol–water partition coefficient (Wildman–Crippen LogP) is 1.24. The summed E-state index contributed by atoms with van der Waals surface area (Å²) < 4.78 is 0. The first-order chi connectivity index (χ1) is 10.4. The van der Waals surface area contributed by atoms with Crippen molar-refractivity contribution in [1.82, 2.24) is 0 Å². The number of imide groups is 2. The van der Waals surface area contributed by atoms with Gasteiger partial charge in [0.1, 0.15) is 0 Å². The van der Waals surface area contributed by atoms with Crippen molar-refractivity contribution in [1.29, 1.82) is 0 Å². The zero-order chi connectivity index (χ0) is 16.0. The van der Waals surface area contributed by atoms with Gasteiger partial charge in [0.25, 0.3) is 17.7 Å². The van der Waals surface area contributed by atoms with Gasteiger partial charge in [-0.3, -0.25) is 19.2 Å². The van der Waals surface area contributed by atoms with Crippen molar-refractivity contribution in [3.05, 3.63) is 48.1 Å². The van der Waals surface area contributed by atoms with Crippen LogP contribution in [0.3, 0.4) is 0 Å². The average molecular weight is 296 g/mol. The van der Waals surface area contributed by atoms with E-state index in [0.717, 1.165) is 9.80 Å². The maximum absolute atomic E-state index is 12.0. The minimum atomic E-state index is -0.461. The van der Waals surface area contributed by atoms with Crippen LogP contribution in [0.25, 0.3) is 0 Å². The number of rotatable bonds is 2. The number of aryl methyl sites for hydroxylation is 1. The van der Waals surface area contributed by atoms with Crippen LogP contribution in [0, 0.1) is 6.92 Å². The Balaban J connectivity index is 2.06. The largest absolute Gasteiger partial charge is 0.274 e. The van der Waals surface area contributed by atoms with Gasteiger partial charge in [-0.1, -0.05) is 12.6 Å². The van der Waals surface area contributed by atoms with Crippen LogP contribution in [0.1, 0.15) is 12.0 Å². The highest BCUT2D eigenvalue weighted by Gasteiger charge is 2.35. The van der Waals surface area contributed by atoms with E-state index in [9.17, 15) is 19.2 Å². The van der Waals surface area contributed by atoms with Crippen LogP contribution in [-0.2, 0) is 19.2 Å². The van der Waals surface area contributed by atoms with Gasteiger partial charge in [-0.25, -0.2) is 9.80 Å². The maximum atomic E-state index is 12.0. The predicted molar refractivity (Wildman–Crippen MR) is 79.1 cm³/mol. The van der Waals surface area contributed by atoms with E-state index in [0.29, 0.717) is 16.9 Å². The molecule has 1 aromatic carbocycles. The number of nitrogens with zero attached hydrogens (tertiary/aromatic N) is 2. The van der Waals surface area contributed by atoms with Crippen LogP contribution < -0.4 is 9.80 Å². The molecule has 2 aliphatic rings. The lowest BCUT2D eigenvalue weighted by Gasteiger charge is -2.20. The third-order valence-electron chi connectivity index (χ3n) is 3.62. The molecule has 0 saturated carbocycles. The molecule has 0 bridgehead atoms. The molecule has 22 heavy (non-hydrogen) atoms. The first-order valence-corrected chi connectivity index (χ1v) is 6.62. The monoisotopic (exact) mass is 296 g/mol. The van der Waals surface area contributed by atoms with Crippen LogP contribution in [0.2, 0.25) is 0 Å². The first-order valence-electron chi connectivity index (χ1n) is 6.62. The van der Waals surface area contributed by atoms with E-state index in [1.54, 1.807) is 19.1 Å². The molecule has 0 N–H and O–H groups in total. The molecule has 6 nitrogen and oxygen atoms in total. The van der Waals surface area contributed by atoms with Crippen molar-refractivity contribution in [3.63, 3.8) is 0 Å². The maximum Gasteiger partial charge on any atom is 0.260 e. The van der Waals surface area contributed by atoms with Crippen molar-refractivity contribution in [2.24, 2.45) is 0 Å². The van der Waals surface area contributed by atoms with Crippen molar-refractivity contribution in [2.45, 2.75) is 13.3 Å². The topological polar surface area (TPSA) is 74.8 Å². The summed E-state index contributed by atoms with van der Waals surface area (Å²) in [6, 6.07) is 4.75. The van der Waals surface area contributed by atoms with Gasteiger partial charge < -0.3 is 0 Å². The van der Waals surface area contributed by atoms with Crippen LogP contribution in [0.5, 0.6) is 0 Å². The summed E-state index contributed by atoms with van der Waals surface area (Å²) in [6.45, 7) is 5.30. The minimum Gasteiger partial charge on any atom is -0.274 e. The molecular weight excluding hydrogens is 284 g/mol. The van der Waals surface area contributed by atoms with Crippen LogP contribution in [-0.4, -0.2) is 23.6 Å². The van der Waals surface area contributed by atoms with Gasteiger partial charge in [-0.2, -0.15) is 0 Å². The van der Waals surface area contributed by atoms with Crippen molar-refractivity contribution in [2.75, 3.05) is 9.80 Å². The summed E-state index contributed by atoms with van der Waals surface area (Å²) in [5.41, 5.74) is 1.59. The molecule has 110 valence electrons. The lowest BCUT2D eigenvalue weighted by Crippen LogP contribution is -2.32. The SMILES string of the molecule is C=C1CC(=O)N(c2ccc(C)c(N3C(=O)C=CC3=O)c2)C1=O. The van der Waals surface area contributed by atoms with E-state index >= 15 is 0 Å². The van der Waals surface area contributed by atoms with Gasteiger partial charge >= 0.3 is 0 Å². The molecule has 0 aliphatic carbocycles. The highest BCUT2D eigenvalue weighted by atomic mass is 16.2. The molecule has 4 amide bonds. The summed E-state index contributed by atoms with van der Waals surface area (Å²) in [5, 5.41) is 0. The third kappa shape index (κ3) is 1.96. The molecule has 1 saturated heterocycles. The molecule has 0 radical (unpaired) electrons. The molecular formula is C16H12N2O4. The van der Waals surface area contributed by atoms with Crippen molar-refractivity contribution < 1.29 is 19.2 Å². The fourth-order valence-electron chi connectivity index (χ4n) is 2.49. The fraction of sp³-hybridized carbons (Fsp3) is 0.125. The van der Waals surface area contributed by atoms with E-state index in [4.69, 9.17) is 0 Å². The van der Waals surface area contributed by atoms with E-state index in [1.165, 1.54) is 18.2 Å². The average Bonchev–Trinajstić information content (AvgIpc) is 2.92. The number of benzene rings is 1. The Morgan fingerprint density at radius 3 is 2.18 bits per heavy atom. The highest BCUT2D eigenvalue weighted by molar-refractivity contribution is 6.30. The number of anilines is 2. The zero-order valence-electron chi connectivity index (χ0n) is 11.8. The summed E-state index contributed by atoms with van der Waals surface area (Å²) in [4.78, 5) is 49.6. The Hall–Kier alpha value is -3.02. The summed E-state index contributed by atoms with van der Waals surface area (Å²) in [5.74, 6) is -1.73. The summed E-state index contributed by atoms with van der Waals surface area (Å²) in [6.07, 6.45) is 2.34. The van der Waals surface area contributed by atoms with Gasteiger partial charge in [-0.05, 0) is 24.6 Å². The molecule has 1 aromatic rings. The molecule has 3 rings (SSSR count). The van der Waals surface area contributed by atoms with E-state index in [1.807, 2.05) is 0 Å². The second-order valence-corrected chi connectivity index (χ2v) is 5.13. The molecule has 0 spiro atoms. The Labute approximate surface area is 126 Å². The standard InChI is InChI=1S/C16H12N2O4/c1-9-3-4-11(17-15(21)7-10(2)16(17)22)8-12(9)18-13(19)5-6-14(18)20/h3-6,8H,2,7H2,1H3. The molecule has 1 fully saturated rings. The molecule has 0 aromatic heterocycles. The van der Waals surface area contributed by atoms with Crippen molar-refractivity contribution >= 4 is 35.0 Å². The highest BCUT2D eigenvalue weighted by Crippen LogP contribution is 2.32. The zero-order valence-corrected chi connectivity index (χ0v) is 11.8. The number of hydrogen-bond donors (Lipinski definition) is 0. The smallest absolute Gasteiger partial charge is 0.260 e. The third-order valence-corrected chi connectivity index (χ3v) is 3.62. The van der Waals surface area contributed by atoms with Gasteiger partial charge in [0.05, 0.1) is 17.8 Å². The molecule has 0 atom stereocenters. The lowest BCUT2D eigenvalue weighted by atomic mass is 10.1. The van der Waals surface area contributed by atoms with Gasteiger partial charge in [0.15, 0.2) is 0 Å². The number of hydrogen-bond acceptors (Lipinski definition) is 4. The van der Waals surface area contributed by atoms with Gasteiger partial charge in [0, 0.05) is 17.7 Å². The first kappa shape index (κ1) is 13.9. The Morgan fingerprint density at radius 2 is 1.64 bits per heavy atom. The van der Waals surface area contributed by atoms with Crippen LogP contribution in [0.15, 0.2) is 42.5 Å². The molecule has 2 heterocycles. The Kier molecular flexibility index (Phi) is 3.02. The molecule has 6 heteroatoms. The number of amides is 4. The van der Waals surface area contributed by atoms with Gasteiger partial charge in [0.2, 0.25) is 5.91 Å². The van der Waals surface area contributed by atoms with Crippen LogP contribution in [0.4, 0.5) is 11.4 Å². The van der Waals surface area contributed by atoms with Crippen LogP contribution >= 0.6 is 0 Å². The van der Waals surface area contributed by atoms with E-state index in [-0.39, 0.29) is 17.9 Å². The van der Waals surface area contributed by atoms with Gasteiger partial charge in [-0.15, -0.1) is 0 Å². The van der Waals surface area contributed by atoms with Crippen molar-refractivity contribution in [3.8, 4) is 0 Å². The van der Waals surface area contributed by atoms with E-state index < -0.39 is 17.7 Å². The van der Waals surface area contributed by atoms with E-state index in [2.05, 4.69) is 6.58 Å². The minimum absolute atomic E-state index is 0.0226. The number of carbonyl (C=O) groups is 4. The summed E-state index contributed by atoms with van der Waals surface area (Å²) >= 11 is 0. The normalized spacial score (nSPS) is 18.1. The lowest BCUT2D eigenvalue weighted by molar-refractivity contribution is -0.121.